The first-order valence-corrected chi connectivity index (χ1v) is 12.1. The van der Waals surface area contributed by atoms with Gasteiger partial charge in [0, 0.05) is 57.7 Å². The molecule has 2 aliphatic rings. The number of amides is 4. The molecule has 11 heteroatoms. The van der Waals surface area contributed by atoms with Crippen LogP contribution in [0.1, 0.15) is 37.0 Å². The van der Waals surface area contributed by atoms with Gasteiger partial charge in [0.25, 0.3) is 5.91 Å². The lowest BCUT2D eigenvalue weighted by Crippen LogP contribution is -2.53. The van der Waals surface area contributed by atoms with Gasteiger partial charge < -0.3 is 9.80 Å². The van der Waals surface area contributed by atoms with Crippen LogP contribution in [0.5, 0.6) is 0 Å². The molecule has 0 atom stereocenters. The van der Waals surface area contributed by atoms with Crippen LogP contribution in [0.3, 0.4) is 0 Å². The van der Waals surface area contributed by atoms with Crippen LogP contribution < -0.4 is 0 Å². The molecule has 0 aromatic heterocycles. The Morgan fingerprint density at radius 2 is 1.50 bits per heavy atom. The van der Waals surface area contributed by atoms with Gasteiger partial charge in [0.1, 0.15) is 6.54 Å². The smallest absolute Gasteiger partial charge is 0.254 e. The van der Waals surface area contributed by atoms with Gasteiger partial charge in [-0.05, 0) is 18.2 Å². The maximum absolute atomic E-state index is 12.9. The summed E-state index contributed by atoms with van der Waals surface area (Å²) in [6.07, 6.45) is 0.273. The van der Waals surface area contributed by atoms with E-state index in [1.807, 2.05) is 0 Å². The molecule has 0 saturated carbocycles. The molecule has 2 aliphatic heterocycles. The van der Waals surface area contributed by atoms with E-state index < -0.39 is 10.0 Å². The van der Waals surface area contributed by atoms with Crippen molar-refractivity contribution in [3.63, 3.8) is 0 Å². The second-order valence-corrected chi connectivity index (χ2v) is 9.60. The lowest BCUT2D eigenvalue weighted by atomic mass is 10.2. The summed E-state index contributed by atoms with van der Waals surface area (Å²) in [4.78, 5) is 53.0. The quantitative estimate of drug-likeness (QED) is 0.531. The van der Waals surface area contributed by atoms with E-state index in [-0.39, 0.29) is 79.7 Å². The van der Waals surface area contributed by atoms with Gasteiger partial charge in [0.2, 0.25) is 27.7 Å². The van der Waals surface area contributed by atoms with Crippen LogP contribution in [0.25, 0.3) is 0 Å². The molecule has 32 heavy (non-hydrogen) atoms. The first-order chi connectivity index (χ1) is 15.2. The molecule has 0 spiro atoms. The average Bonchev–Trinajstić information content (AvgIpc) is 3.11. The summed E-state index contributed by atoms with van der Waals surface area (Å²) in [5, 5.41) is 0. The van der Waals surface area contributed by atoms with Crippen LogP contribution in [-0.4, -0.2) is 96.9 Å². The van der Waals surface area contributed by atoms with E-state index in [9.17, 15) is 27.6 Å². The van der Waals surface area contributed by atoms with Crippen molar-refractivity contribution in [1.29, 1.82) is 0 Å². The Labute approximate surface area is 187 Å². The molecular weight excluding hydrogens is 436 g/mol. The molecule has 4 amide bonds. The van der Waals surface area contributed by atoms with Gasteiger partial charge in [-0.3, -0.25) is 24.1 Å². The predicted octanol–water partition coefficient (Wildman–Crippen LogP) is 0.151. The molecule has 1 aromatic carbocycles. The Morgan fingerprint density at radius 3 is 2.06 bits per heavy atom. The summed E-state index contributed by atoms with van der Waals surface area (Å²) >= 11 is 0. The molecular formula is C21H28N4O6S. The van der Waals surface area contributed by atoms with Crippen LogP contribution >= 0.6 is 0 Å². The zero-order valence-corrected chi connectivity index (χ0v) is 19.1. The highest BCUT2D eigenvalue weighted by Gasteiger charge is 2.33. The summed E-state index contributed by atoms with van der Waals surface area (Å²) in [6, 6.07) is 5.99. The summed E-state index contributed by atoms with van der Waals surface area (Å²) in [7, 11) is -3.68. The fourth-order valence-corrected chi connectivity index (χ4v) is 5.38. The van der Waals surface area contributed by atoms with Gasteiger partial charge in [-0.25, -0.2) is 8.42 Å². The number of benzene rings is 1. The zero-order chi connectivity index (χ0) is 23.5. The van der Waals surface area contributed by atoms with Crippen LogP contribution in [0.15, 0.2) is 29.2 Å². The Morgan fingerprint density at radius 1 is 0.938 bits per heavy atom. The van der Waals surface area contributed by atoms with Crippen LogP contribution in [0.2, 0.25) is 0 Å². The molecule has 0 bridgehead atoms. The summed E-state index contributed by atoms with van der Waals surface area (Å²) in [5.41, 5.74) is 0.270. The third kappa shape index (κ3) is 4.83. The minimum absolute atomic E-state index is 0.0702. The fraction of sp³-hybridized carbons (Fsp3) is 0.524. The molecule has 0 aliphatic carbocycles. The van der Waals surface area contributed by atoms with Crippen molar-refractivity contribution in [2.45, 2.75) is 31.6 Å². The van der Waals surface area contributed by atoms with E-state index in [2.05, 4.69) is 0 Å². The third-order valence-corrected chi connectivity index (χ3v) is 7.84. The number of likely N-dealkylation sites (tertiary alicyclic amines) is 1. The SMILES string of the molecule is CCN(CC)S(=O)(=O)c1cccc(C(=O)N2CCN(C(=O)CN3C(=O)CCC3=O)CC2)c1. The van der Waals surface area contributed by atoms with Gasteiger partial charge >= 0.3 is 0 Å². The van der Waals surface area contributed by atoms with E-state index >= 15 is 0 Å². The Hall–Kier alpha value is -2.79. The highest BCUT2D eigenvalue weighted by molar-refractivity contribution is 7.89. The highest BCUT2D eigenvalue weighted by Crippen LogP contribution is 2.19. The first kappa shape index (κ1) is 23.9. The monoisotopic (exact) mass is 464 g/mol. The number of rotatable bonds is 7. The fourth-order valence-electron chi connectivity index (χ4n) is 3.88. The second-order valence-electron chi connectivity index (χ2n) is 7.66. The van der Waals surface area contributed by atoms with E-state index in [4.69, 9.17) is 0 Å². The molecule has 1 aromatic rings. The van der Waals surface area contributed by atoms with Crippen LogP contribution in [0.4, 0.5) is 0 Å². The average molecular weight is 465 g/mol. The third-order valence-electron chi connectivity index (χ3n) is 5.79. The molecule has 174 valence electrons. The molecule has 2 saturated heterocycles. The molecule has 0 N–H and O–H groups in total. The van der Waals surface area contributed by atoms with Crippen molar-refractivity contribution in [2.24, 2.45) is 0 Å². The highest BCUT2D eigenvalue weighted by atomic mass is 32.2. The number of hydrogen-bond acceptors (Lipinski definition) is 6. The zero-order valence-electron chi connectivity index (χ0n) is 18.3. The number of imide groups is 1. The summed E-state index contributed by atoms with van der Waals surface area (Å²) < 4.78 is 26.8. The lowest BCUT2D eigenvalue weighted by molar-refractivity contribution is -0.146. The number of carbonyl (C=O) groups excluding carboxylic acids is 4. The van der Waals surface area contributed by atoms with Gasteiger partial charge in [-0.1, -0.05) is 19.9 Å². The van der Waals surface area contributed by atoms with E-state index in [0.717, 1.165) is 4.90 Å². The standard InChI is InChI=1S/C21H28N4O6S/c1-3-24(4-2)32(30,31)17-7-5-6-16(14-17)21(29)23-12-10-22(11-13-23)20(28)15-25-18(26)8-9-19(25)27/h5-7,14H,3-4,8-13,15H2,1-2H3. The number of sulfonamides is 1. The van der Waals surface area contributed by atoms with Crippen molar-refractivity contribution >= 4 is 33.7 Å². The Balaban J connectivity index is 1.63. The molecule has 0 radical (unpaired) electrons. The number of piperazine rings is 1. The normalized spacial score (nSPS) is 17.4. The minimum atomic E-state index is -3.68. The van der Waals surface area contributed by atoms with Crippen LogP contribution in [0, 0.1) is 0 Å². The lowest BCUT2D eigenvalue weighted by Gasteiger charge is -2.35. The Kier molecular flexibility index (Phi) is 7.29. The van der Waals surface area contributed by atoms with Crippen molar-refractivity contribution in [3.05, 3.63) is 29.8 Å². The van der Waals surface area contributed by atoms with E-state index in [0.29, 0.717) is 13.1 Å². The van der Waals surface area contributed by atoms with Crippen molar-refractivity contribution in [3.8, 4) is 0 Å². The molecule has 10 nitrogen and oxygen atoms in total. The summed E-state index contributed by atoms with van der Waals surface area (Å²) in [5.74, 6) is -1.31. The summed E-state index contributed by atoms with van der Waals surface area (Å²) in [6.45, 7) is 5.02. The minimum Gasteiger partial charge on any atom is -0.338 e. The van der Waals surface area contributed by atoms with Crippen LogP contribution in [-0.2, 0) is 24.4 Å². The van der Waals surface area contributed by atoms with E-state index in [1.54, 1.807) is 30.9 Å². The molecule has 2 fully saturated rings. The van der Waals surface area contributed by atoms with Gasteiger partial charge in [-0.15, -0.1) is 0 Å². The van der Waals surface area contributed by atoms with Gasteiger partial charge in [-0.2, -0.15) is 4.31 Å². The van der Waals surface area contributed by atoms with E-state index in [1.165, 1.54) is 21.3 Å². The number of hydrogen-bond donors (Lipinski definition) is 0. The number of nitrogens with zero attached hydrogens (tertiary/aromatic N) is 4. The largest absolute Gasteiger partial charge is 0.338 e. The van der Waals surface area contributed by atoms with Crippen molar-refractivity contribution in [1.82, 2.24) is 19.0 Å². The van der Waals surface area contributed by atoms with Crippen molar-refractivity contribution in [2.75, 3.05) is 45.8 Å². The van der Waals surface area contributed by atoms with Gasteiger partial charge in [0.05, 0.1) is 4.90 Å². The second kappa shape index (κ2) is 9.78. The molecule has 3 rings (SSSR count). The Bertz CT molecular complexity index is 997. The first-order valence-electron chi connectivity index (χ1n) is 10.7. The molecule has 2 heterocycles. The molecule has 0 unspecified atom stereocenters. The maximum Gasteiger partial charge on any atom is 0.254 e. The topological polar surface area (TPSA) is 115 Å². The number of carbonyl (C=O) groups is 4. The maximum atomic E-state index is 12.9. The van der Waals surface area contributed by atoms with Gasteiger partial charge in [0.15, 0.2) is 0 Å². The van der Waals surface area contributed by atoms with Crippen molar-refractivity contribution < 1.29 is 27.6 Å². The predicted molar refractivity (Wildman–Crippen MR) is 115 cm³/mol.